The van der Waals surface area contributed by atoms with E-state index in [9.17, 15) is 19.5 Å². The van der Waals surface area contributed by atoms with Crippen molar-refractivity contribution < 1.29 is 24.2 Å². The lowest BCUT2D eigenvalue weighted by Gasteiger charge is -2.36. The SMILES string of the molecule is CC[C@@H](CO)N1C(=O)[C@@H]2[C@@H](C(=O)NC)[C@@H]3OC2(CC3Br)C1C(=O)Nc1ccccc1Cl. The van der Waals surface area contributed by atoms with E-state index in [4.69, 9.17) is 16.3 Å². The maximum absolute atomic E-state index is 13.6. The molecule has 10 heteroatoms. The molecule has 0 aromatic heterocycles. The van der Waals surface area contributed by atoms with E-state index in [0.29, 0.717) is 23.6 Å². The molecular formula is C21H25BrClN3O5. The van der Waals surface area contributed by atoms with Gasteiger partial charge in [0.15, 0.2) is 0 Å². The number of carbonyl (C=O) groups is 3. The first-order valence-corrected chi connectivity index (χ1v) is 11.6. The molecule has 31 heavy (non-hydrogen) atoms. The molecule has 3 heterocycles. The summed E-state index contributed by atoms with van der Waals surface area (Å²) in [5.74, 6) is -2.59. The molecule has 8 nitrogen and oxygen atoms in total. The van der Waals surface area contributed by atoms with Gasteiger partial charge in [-0.3, -0.25) is 14.4 Å². The van der Waals surface area contributed by atoms with E-state index >= 15 is 0 Å². The summed E-state index contributed by atoms with van der Waals surface area (Å²) in [5, 5.41) is 15.8. The standard InChI is InChI=1S/C21H25BrClN3O5/c1-3-10(9-27)26-17(19(29)25-13-7-5-4-6-12(13)23)21-8-11(22)16(31-21)14(18(28)24-2)15(21)20(26)30/h4-7,10-11,14-17,27H,3,8-9H2,1-2H3,(H,24,28)(H,25,29)/t10-,11?,14+,15-,16+,17?,21?/m0/s1. The molecule has 0 radical (unpaired) electrons. The van der Waals surface area contributed by atoms with Crippen LogP contribution in [0.4, 0.5) is 5.69 Å². The van der Waals surface area contributed by atoms with Crippen LogP contribution in [-0.2, 0) is 19.1 Å². The third kappa shape index (κ3) is 3.28. The minimum Gasteiger partial charge on any atom is -0.394 e. The first kappa shape index (κ1) is 22.5. The van der Waals surface area contributed by atoms with E-state index in [-0.39, 0.29) is 23.2 Å². The second kappa shape index (κ2) is 8.35. The van der Waals surface area contributed by atoms with Gasteiger partial charge in [-0.2, -0.15) is 0 Å². The summed E-state index contributed by atoms with van der Waals surface area (Å²) < 4.78 is 6.33. The van der Waals surface area contributed by atoms with Crippen LogP contribution in [0.25, 0.3) is 0 Å². The van der Waals surface area contributed by atoms with Gasteiger partial charge in [-0.25, -0.2) is 0 Å². The molecule has 3 aliphatic rings. The smallest absolute Gasteiger partial charge is 0.250 e. The number of amides is 3. The summed E-state index contributed by atoms with van der Waals surface area (Å²) >= 11 is 9.82. The average molecular weight is 515 g/mol. The molecule has 7 atom stereocenters. The van der Waals surface area contributed by atoms with E-state index < -0.39 is 41.5 Å². The number of aliphatic hydroxyl groups excluding tert-OH is 1. The fourth-order valence-corrected chi connectivity index (χ4v) is 6.53. The number of hydrogen-bond donors (Lipinski definition) is 3. The van der Waals surface area contributed by atoms with Gasteiger partial charge < -0.3 is 25.4 Å². The van der Waals surface area contributed by atoms with Crippen molar-refractivity contribution in [3.8, 4) is 0 Å². The van der Waals surface area contributed by atoms with Crippen LogP contribution < -0.4 is 10.6 Å². The summed E-state index contributed by atoms with van der Waals surface area (Å²) in [5.41, 5.74) is -0.745. The Morgan fingerprint density at radius 3 is 2.71 bits per heavy atom. The summed E-state index contributed by atoms with van der Waals surface area (Å²) in [7, 11) is 1.52. The Kier molecular flexibility index (Phi) is 6.06. The van der Waals surface area contributed by atoms with Crippen LogP contribution in [0.3, 0.4) is 0 Å². The van der Waals surface area contributed by atoms with Crippen molar-refractivity contribution >= 4 is 50.9 Å². The average Bonchev–Trinajstić information content (AvgIpc) is 3.34. The lowest BCUT2D eigenvalue weighted by Crippen LogP contribution is -2.56. The monoisotopic (exact) mass is 513 g/mol. The van der Waals surface area contributed by atoms with E-state index in [2.05, 4.69) is 26.6 Å². The van der Waals surface area contributed by atoms with Crippen molar-refractivity contribution in [2.24, 2.45) is 11.8 Å². The van der Waals surface area contributed by atoms with E-state index in [0.717, 1.165) is 0 Å². The molecular weight excluding hydrogens is 490 g/mol. The molecule has 2 bridgehead atoms. The lowest BCUT2D eigenvalue weighted by atomic mass is 9.70. The van der Waals surface area contributed by atoms with Gasteiger partial charge in [0.2, 0.25) is 17.7 Å². The van der Waals surface area contributed by atoms with Crippen molar-refractivity contribution in [1.29, 1.82) is 0 Å². The largest absolute Gasteiger partial charge is 0.394 e. The van der Waals surface area contributed by atoms with Crippen LogP contribution in [0.15, 0.2) is 24.3 Å². The van der Waals surface area contributed by atoms with E-state index in [1.165, 1.54) is 11.9 Å². The third-order valence-electron chi connectivity index (χ3n) is 6.73. The minimum atomic E-state index is -1.17. The van der Waals surface area contributed by atoms with Gasteiger partial charge in [0.25, 0.3) is 0 Å². The third-order valence-corrected chi connectivity index (χ3v) is 7.91. The lowest BCUT2D eigenvalue weighted by molar-refractivity contribution is -0.144. The molecule has 0 saturated carbocycles. The first-order valence-electron chi connectivity index (χ1n) is 10.3. The number of ether oxygens (including phenoxy) is 1. The number of para-hydroxylation sites is 1. The van der Waals surface area contributed by atoms with Gasteiger partial charge in [-0.05, 0) is 25.0 Å². The minimum absolute atomic E-state index is 0.177. The first-order chi connectivity index (χ1) is 14.8. The molecule has 4 rings (SSSR count). The molecule has 3 aliphatic heterocycles. The summed E-state index contributed by atoms with van der Waals surface area (Å²) in [6, 6.07) is 5.26. The van der Waals surface area contributed by atoms with Gasteiger partial charge in [0.1, 0.15) is 11.6 Å². The molecule has 3 N–H and O–H groups in total. The number of fused-ring (bicyclic) bond motifs is 1. The molecule has 0 aliphatic carbocycles. The molecule has 3 unspecified atom stereocenters. The number of rotatable bonds is 6. The number of carbonyl (C=O) groups excluding carboxylic acids is 3. The van der Waals surface area contributed by atoms with E-state index in [1.54, 1.807) is 24.3 Å². The number of halogens is 2. The Hall–Kier alpha value is -1.68. The number of nitrogens with one attached hydrogen (secondary N) is 2. The second-order valence-corrected chi connectivity index (χ2v) is 9.82. The highest BCUT2D eigenvalue weighted by molar-refractivity contribution is 9.09. The zero-order valence-electron chi connectivity index (χ0n) is 17.2. The quantitative estimate of drug-likeness (QED) is 0.499. The molecule has 168 valence electrons. The van der Waals surface area contributed by atoms with Crippen LogP contribution in [0.2, 0.25) is 5.02 Å². The molecule has 3 amide bonds. The van der Waals surface area contributed by atoms with Crippen molar-refractivity contribution in [3.63, 3.8) is 0 Å². The highest BCUT2D eigenvalue weighted by atomic mass is 79.9. The topological polar surface area (TPSA) is 108 Å². The predicted octanol–water partition coefficient (Wildman–Crippen LogP) is 1.54. The normalized spacial score (nSPS) is 34.5. The highest BCUT2D eigenvalue weighted by Crippen LogP contribution is 2.60. The molecule has 3 saturated heterocycles. The van der Waals surface area contributed by atoms with Crippen LogP contribution in [-0.4, -0.2) is 70.0 Å². The Balaban J connectivity index is 1.79. The van der Waals surface area contributed by atoms with Crippen LogP contribution >= 0.6 is 27.5 Å². The molecule has 1 aromatic carbocycles. The Labute approximate surface area is 193 Å². The van der Waals surface area contributed by atoms with Gasteiger partial charge in [0.05, 0.1) is 41.3 Å². The van der Waals surface area contributed by atoms with E-state index in [1.807, 2.05) is 6.92 Å². The Morgan fingerprint density at radius 1 is 1.39 bits per heavy atom. The highest BCUT2D eigenvalue weighted by Gasteiger charge is 2.76. The number of benzene rings is 1. The van der Waals surface area contributed by atoms with Crippen molar-refractivity contribution in [1.82, 2.24) is 10.2 Å². The van der Waals surface area contributed by atoms with Crippen LogP contribution in [0, 0.1) is 11.8 Å². The second-order valence-electron chi connectivity index (χ2n) is 8.24. The zero-order chi connectivity index (χ0) is 22.5. The Bertz CT molecular complexity index is 913. The number of alkyl halides is 1. The molecule has 3 fully saturated rings. The van der Waals surface area contributed by atoms with Gasteiger partial charge in [-0.1, -0.05) is 46.6 Å². The number of aliphatic hydroxyl groups is 1. The predicted molar refractivity (Wildman–Crippen MR) is 118 cm³/mol. The summed E-state index contributed by atoms with van der Waals surface area (Å²) in [4.78, 5) is 41.2. The number of hydrogen-bond acceptors (Lipinski definition) is 5. The van der Waals surface area contributed by atoms with Crippen molar-refractivity contribution in [2.45, 2.75) is 48.4 Å². The van der Waals surface area contributed by atoms with Gasteiger partial charge in [-0.15, -0.1) is 0 Å². The molecule has 1 spiro atoms. The maximum atomic E-state index is 13.6. The maximum Gasteiger partial charge on any atom is 0.250 e. The fourth-order valence-electron chi connectivity index (χ4n) is 5.40. The van der Waals surface area contributed by atoms with Crippen LogP contribution in [0.5, 0.6) is 0 Å². The number of nitrogens with zero attached hydrogens (tertiary/aromatic N) is 1. The van der Waals surface area contributed by atoms with Gasteiger partial charge >= 0.3 is 0 Å². The Morgan fingerprint density at radius 2 is 2.10 bits per heavy atom. The number of anilines is 1. The van der Waals surface area contributed by atoms with Crippen LogP contribution in [0.1, 0.15) is 19.8 Å². The van der Waals surface area contributed by atoms with Gasteiger partial charge in [0, 0.05) is 11.9 Å². The fraction of sp³-hybridized carbons (Fsp3) is 0.571. The van der Waals surface area contributed by atoms with Crippen molar-refractivity contribution in [2.75, 3.05) is 19.0 Å². The van der Waals surface area contributed by atoms with Crippen molar-refractivity contribution in [3.05, 3.63) is 29.3 Å². The number of likely N-dealkylation sites (tertiary alicyclic amines) is 1. The summed E-state index contributed by atoms with van der Waals surface area (Å²) in [6.07, 6.45) is 0.341. The summed E-state index contributed by atoms with van der Waals surface area (Å²) in [6.45, 7) is 1.54. The molecule has 1 aromatic rings. The zero-order valence-corrected chi connectivity index (χ0v) is 19.5.